The van der Waals surface area contributed by atoms with E-state index in [1.165, 1.54) is 0 Å². The monoisotopic (exact) mass is 343 g/mol. The van der Waals surface area contributed by atoms with Crippen molar-refractivity contribution in [2.24, 2.45) is 0 Å². The Morgan fingerprint density at radius 3 is 2.43 bits per heavy atom. The summed E-state index contributed by atoms with van der Waals surface area (Å²) in [6.07, 6.45) is 0. The van der Waals surface area contributed by atoms with Crippen molar-refractivity contribution in [3.8, 4) is 5.75 Å². The molecule has 1 heterocycles. The molecule has 126 valence electrons. The fraction of sp³-hybridized carbons (Fsp3) is 0.500. The minimum atomic E-state index is -3.90. The highest BCUT2D eigenvalue weighted by atomic mass is 31.2. The molecule has 0 N–H and O–H groups in total. The minimum absolute atomic E-state index is 0.0495. The molecule has 0 radical (unpaired) electrons. The van der Waals surface area contributed by atoms with Crippen molar-refractivity contribution >= 4 is 13.6 Å². The Labute approximate surface area is 133 Å². The van der Waals surface area contributed by atoms with Gasteiger partial charge in [0.2, 0.25) is 6.54 Å². The smallest absolute Gasteiger partial charge is 0.345 e. The van der Waals surface area contributed by atoms with Crippen LogP contribution in [0, 0.1) is 10.1 Å². The molecule has 0 aromatic heterocycles. The van der Waals surface area contributed by atoms with E-state index in [-0.39, 0.29) is 19.0 Å². The van der Waals surface area contributed by atoms with Gasteiger partial charge in [-0.1, -0.05) is 18.2 Å². The number of para-hydroxylation sites is 1. The maximum Gasteiger partial charge on any atom is 0.345 e. The van der Waals surface area contributed by atoms with Crippen LogP contribution in [0.4, 0.5) is 0 Å². The minimum Gasteiger partial charge on any atom is -0.426 e. The van der Waals surface area contributed by atoms with E-state index < -0.39 is 36.6 Å². The van der Waals surface area contributed by atoms with Gasteiger partial charge in [-0.05, 0) is 19.9 Å². The van der Waals surface area contributed by atoms with E-state index in [4.69, 9.17) is 13.8 Å². The standard InChI is InChI=1S/C14H18NO7P/c1-3-20-23(19,21-4-2)13-11(9-15(17)18)10-7-5-6-8-12(10)22-14(13)16/h5-8,11,13H,3-4,9H2,1-2H3/t11-,13-/m1/s1. The molecule has 1 aliphatic heterocycles. The number of nitro groups is 1. The summed E-state index contributed by atoms with van der Waals surface area (Å²) in [5.41, 5.74) is -0.906. The molecule has 2 atom stereocenters. The van der Waals surface area contributed by atoms with Crippen LogP contribution in [0.3, 0.4) is 0 Å². The van der Waals surface area contributed by atoms with Crippen molar-refractivity contribution in [2.45, 2.75) is 25.4 Å². The van der Waals surface area contributed by atoms with Crippen LogP contribution in [-0.4, -0.2) is 36.3 Å². The number of ether oxygens (including phenoxy) is 1. The number of nitrogens with zero attached hydrogens (tertiary/aromatic N) is 1. The van der Waals surface area contributed by atoms with Crippen LogP contribution in [0.15, 0.2) is 24.3 Å². The topological polar surface area (TPSA) is 105 Å². The molecule has 9 heteroatoms. The SMILES string of the molecule is CCOP(=O)(OCC)[C@H]1C(=O)Oc2ccccc2[C@H]1C[N+](=O)[O-]. The zero-order valence-corrected chi connectivity index (χ0v) is 13.7. The van der Waals surface area contributed by atoms with Gasteiger partial charge in [0.1, 0.15) is 5.75 Å². The average molecular weight is 343 g/mol. The van der Waals surface area contributed by atoms with Crippen LogP contribution in [0.1, 0.15) is 25.3 Å². The van der Waals surface area contributed by atoms with Crippen molar-refractivity contribution in [1.82, 2.24) is 0 Å². The van der Waals surface area contributed by atoms with Crippen LogP contribution < -0.4 is 4.74 Å². The lowest BCUT2D eigenvalue weighted by molar-refractivity contribution is -0.483. The third kappa shape index (κ3) is 3.60. The fourth-order valence-electron chi connectivity index (χ4n) is 2.65. The molecular weight excluding hydrogens is 325 g/mol. The normalized spacial score (nSPS) is 20.7. The molecule has 0 aliphatic carbocycles. The molecule has 0 spiro atoms. The summed E-state index contributed by atoms with van der Waals surface area (Å²) in [7, 11) is -3.90. The number of rotatable bonds is 7. The number of fused-ring (bicyclic) bond motifs is 1. The molecule has 2 rings (SSSR count). The molecular formula is C14H18NO7P. The van der Waals surface area contributed by atoms with Gasteiger partial charge in [-0.25, -0.2) is 0 Å². The maximum atomic E-state index is 13.0. The second-order valence-electron chi connectivity index (χ2n) is 4.90. The first kappa shape index (κ1) is 17.6. The first-order valence-electron chi connectivity index (χ1n) is 7.24. The van der Waals surface area contributed by atoms with Gasteiger partial charge >= 0.3 is 13.6 Å². The lowest BCUT2D eigenvalue weighted by Gasteiger charge is -2.33. The summed E-state index contributed by atoms with van der Waals surface area (Å²) in [6, 6.07) is 6.49. The van der Waals surface area contributed by atoms with Gasteiger partial charge in [0.15, 0.2) is 5.66 Å². The van der Waals surface area contributed by atoms with E-state index >= 15 is 0 Å². The van der Waals surface area contributed by atoms with Gasteiger partial charge in [0.05, 0.1) is 19.1 Å². The maximum absolute atomic E-state index is 13.0. The average Bonchev–Trinajstić information content (AvgIpc) is 2.46. The zero-order valence-electron chi connectivity index (χ0n) is 12.8. The van der Waals surface area contributed by atoms with Gasteiger partial charge in [-0.2, -0.15) is 0 Å². The van der Waals surface area contributed by atoms with Crippen molar-refractivity contribution in [2.75, 3.05) is 19.8 Å². The largest absolute Gasteiger partial charge is 0.426 e. The van der Waals surface area contributed by atoms with Crippen molar-refractivity contribution in [3.63, 3.8) is 0 Å². The Balaban J connectivity index is 2.53. The van der Waals surface area contributed by atoms with Crippen LogP contribution in [0.2, 0.25) is 0 Å². The second-order valence-corrected chi connectivity index (χ2v) is 7.05. The molecule has 0 fully saturated rings. The molecule has 0 saturated heterocycles. The Hall–Kier alpha value is -1.76. The van der Waals surface area contributed by atoms with E-state index in [0.29, 0.717) is 5.56 Å². The zero-order chi connectivity index (χ0) is 17.0. The summed E-state index contributed by atoms with van der Waals surface area (Å²) in [5.74, 6) is -1.53. The number of carbonyl (C=O) groups is 1. The lowest BCUT2D eigenvalue weighted by Crippen LogP contribution is -2.40. The first-order chi connectivity index (χ1) is 10.9. The highest BCUT2D eigenvalue weighted by Gasteiger charge is 2.53. The Kier molecular flexibility index (Phi) is 5.51. The molecule has 1 aromatic carbocycles. The predicted molar refractivity (Wildman–Crippen MR) is 81.3 cm³/mol. The molecule has 0 unspecified atom stereocenters. The molecule has 23 heavy (non-hydrogen) atoms. The summed E-state index contributed by atoms with van der Waals surface area (Å²) >= 11 is 0. The number of carbonyl (C=O) groups excluding carboxylic acids is 1. The summed E-state index contributed by atoms with van der Waals surface area (Å²) < 4.78 is 28.6. The van der Waals surface area contributed by atoms with E-state index in [0.717, 1.165) is 0 Å². The van der Waals surface area contributed by atoms with E-state index in [1.54, 1.807) is 38.1 Å². The quantitative estimate of drug-likeness (QED) is 0.246. The summed E-state index contributed by atoms with van der Waals surface area (Å²) in [6.45, 7) is 2.75. The molecule has 1 aliphatic rings. The summed E-state index contributed by atoms with van der Waals surface area (Å²) in [4.78, 5) is 22.9. The molecule has 1 aromatic rings. The van der Waals surface area contributed by atoms with Crippen molar-refractivity contribution in [1.29, 1.82) is 0 Å². The number of esters is 1. The Morgan fingerprint density at radius 1 is 1.26 bits per heavy atom. The van der Waals surface area contributed by atoms with Crippen LogP contribution in [0.5, 0.6) is 5.75 Å². The van der Waals surface area contributed by atoms with Gasteiger partial charge in [0, 0.05) is 10.5 Å². The highest BCUT2D eigenvalue weighted by Crippen LogP contribution is 2.59. The fourth-order valence-corrected chi connectivity index (χ4v) is 4.77. The van der Waals surface area contributed by atoms with E-state index in [2.05, 4.69) is 0 Å². The Bertz CT molecular complexity index is 638. The second kappa shape index (κ2) is 7.21. The van der Waals surface area contributed by atoms with Crippen LogP contribution in [0.25, 0.3) is 0 Å². The van der Waals surface area contributed by atoms with Crippen LogP contribution >= 0.6 is 7.60 Å². The highest BCUT2D eigenvalue weighted by molar-refractivity contribution is 7.55. The van der Waals surface area contributed by atoms with Crippen LogP contribution in [-0.2, 0) is 18.4 Å². The van der Waals surface area contributed by atoms with Gasteiger partial charge in [-0.15, -0.1) is 0 Å². The van der Waals surface area contributed by atoms with E-state index in [9.17, 15) is 19.5 Å². The number of benzene rings is 1. The van der Waals surface area contributed by atoms with Gasteiger partial charge in [-0.3, -0.25) is 19.5 Å². The molecule has 8 nitrogen and oxygen atoms in total. The third-order valence-corrected chi connectivity index (χ3v) is 5.94. The predicted octanol–water partition coefficient (Wildman–Crippen LogP) is 2.60. The lowest BCUT2D eigenvalue weighted by atomic mass is 9.92. The van der Waals surface area contributed by atoms with Crippen molar-refractivity contribution < 1.29 is 28.1 Å². The molecule has 0 amide bonds. The van der Waals surface area contributed by atoms with Gasteiger partial charge in [0.25, 0.3) is 0 Å². The Morgan fingerprint density at radius 2 is 1.87 bits per heavy atom. The first-order valence-corrected chi connectivity index (χ1v) is 8.85. The molecule has 0 bridgehead atoms. The number of hydrogen-bond acceptors (Lipinski definition) is 7. The van der Waals surface area contributed by atoms with E-state index in [1.807, 2.05) is 0 Å². The van der Waals surface area contributed by atoms with Gasteiger partial charge < -0.3 is 13.8 Å². The molecule has 0 saturated carbocycles. The third-order valence-electron chi connectivity index (χ3n) is 3.46. The summed E-state index contributed by atoms with van der Waals surface area (Å²) in [5, 5.41) is 11.1. The number of hydrogen-bond donors (Lipinski definition) is 0. The van der Waals surface area contributed by atoms with Crippen molar-refractivity contribution in [3.05, 3.63) is 39.9 Å².